The number of carbonyl (C=O) groups excluding carboxylic acids is 1. The number of ether oxygens (including phenoxy) is 1. The second-order valence-corrected chi connectivity index (χ2v) is 16.9. The van der Waals surface area contributed by atoms with E-state index in [1.54, 1.807) is 18.2 Å². The van der Waals surface area contributed by atoms with Crippen LogP contribution in [-0.4, -0.2) is 60.5 Å². The van der Waals surface area contributed by atoms with Gasteiger partial charge in [-0.05, 0) is 98.2 Å². The molecule has 2 aromatic carbocycles. The first-order chi connectivity index (χ1) is 20.4. The van der Waals surface area contributed by atoms with Crippen molar-refractivity contribution < 1.29 is 26.4 Å². The van der Waals surface area contributed by atoms with Crippen molar-refractivity contribution in [1.29, 1.82) is 0 Å². The summed E-state index contributed by atoms with van der Waals surface area (Å²) in [6.07, 6.45) is 8.36. The molecule has 2 aliphatic carbocycles. The summed E-state index contributed by atoms with van der Waals surface area (Å²) in [7, 11) is -7.25. The number of rotatable bonds is 2. The lowest BCUT2D eigenvalue weighted by Gasteiger charge is -2.46. The third-order valence-corrected chi connectivity index (χ3v) is 12.1. The van der Waals surface area contributed by atoms with Crippen molar-refractivity contribution in [2.45, 2.75) is 69.2 Å². The zero-order valence-corrected chi connectivity index (χ0v) is 26.9. The fraction of sp³-hybridized carbons (Fsp3) is 0.581. The van der Waals surface area contributed by atoms with E-state index in [0.717, 1.165) is 37.8 Å². The predicted molar refractivity (Wildman–Crippen MR) is 168 cm³/mol. The minimum atomic E-state index is -3.83. The highest BCUT2D eigenvalue weighted by Crippen LogP contribution is 2.47. The Labute approximate surface area is 259 Å². The molecule has 0 unspecified atom stereocenters. The summed E-state index contributed by atoms with van der Waals surface area (Å²) in [4.78, 5) is 15.5. The quantitative estimate of drug-likeness (QED) is 0.495. The number of hydrogen-bond donors (Lipinski definition) is 2. The van der Waals surface area contributed by atoms with E-state index in [0.29, 0.717) is 56.2 Å². The maximum absolute atomic E-state index is 13.2. The summed E-state index contributed by atoms with van der Waals surface area (Å²) in [5.74, 6) is 0.256. The molecular formula is C31H40ClN3O6S2. The lowest BCUT2D eigenvalue weighted by Crippen LogP contribution is -2.52. The van der Waals surface area contributed by atoms with Gasteiger partial charge in [0.1, 0.15) is 5.75 Å². The van der Waals surface area contributed by atoms with Crippen LogP contribution in [0.25, 0.3) is 0 Å². The van der Waals surface area contributed by atoms with Crippen LogP contribution in [0.4, 0.5) is 5.69 Å². The zero-order chi connectivity index (χ0) is 30.4. The molecule has 2 N–H and O–H groups in total. The Bertz CT molecular complexity index is 1620. The number of aryl methyl sites for hydroxylation is 1. The summed E-state index contributed by atoms with van der Waals surface area (Å²) in [6, 6.07) is 11.0. The lowest BCUT2D eigenvalue weighted by atomic mass is 9.67. The second-order valence-electron chi connectivity index (χ2n) is 12.9. The van der Waals surface area contributed by atoms with Crippen molar-refractivity contribution in [2.24, 2.45) is 11.8 Å². The summed E-state index contributed by atoms with van der Waals surface area (Å²) in [5.41, 5.74) is 3.18. The van der Waals surface area contributed by atoms with Crippen molar-refractivity contribution in [3.63, 3.8) is 0 Å². The van der Waals surface area contributed by atoms with Crippen LogP contribution in [0.5, 0.6) is 5.75 Å². The van der Waals surface area contributed by atoms with Gasteiger partial charge in [0, 0.05) is 35.1 Å². The normalized spacial score (nSPS) is 29.3. The third kappa shape index (κ3) is 6.70. The number of anilines is 1. The molecule has 2 aliphatic heterocycles. The number of hydrogen-bond acceptors (Lipinski definition) is 7. The molecule has 12 heteroatoms. The molecule has 4 atom stereocenters. The van der Waals surface area contributed by atoms with Crippen LogP contribution in [0.15, 0.2) is 36.4 Å². The maximum atomic E-state index is 13.2. The molecule has 6 rings (SSSR count). The summed E-state index contributed by atoms with van der Waals surface area (Å²) in [5, 5.41) is 0.714. The van der Waals surface area contributed by atoms with Crippen LogP contribution in [0.1, 0.15) is 72.9 Å². The van der Waals surface area contributed by atoms with E-state index in [1.807, 2.05) is 6.07 Å². The molecule has 43 heavy (non-hydrogen) atoms. The number of fused-ring (bicyclic) bond motifs is 4. The van der Waals surface area contributed by atoms with Crippen molar-refractivity contribution in [3.05, 3.63) is 58.1 Å². The molecule has 0 aromatic heterocycles. The van der Waals surface area contributed by atoms with E-state index in [4.69, 9.17) is 16.3 Å². The van der Waals surface area contributed by atoms with Gasteiger partial charge in [-0.3, -0.25) is 4.79 Å². The van der Waals surface area contributed by atoms with Gasteiger partial charge in [0.25, 0.3) is 5.91 Å². The first-order valence-corrected chi connectivity index (χ1v) is 19.2. The second kappa shape index (κ2) is 11.9. The van der Waals surface area contributed by atoms with Gasteiger partial charge >= 0.3 is 0 Å². The predicted octanol–water partition coefficient (Wildman–Crippen LogP) is 4.39. The van der Waals surface area contributed by atoms with Crippen LogP contribution in [0, 0.1) is 11.8 Å². The van der Waals surface area contributed by atoms with Crippen molar-refractivity contribution >= 4 is 43.2 Å². The van der Waals surface area contributed by atoms with E-state index in [2.05, 4.69) is 26.5 Å². The van der Waals surface area contributed by atoms with Gasteiger partial charge in [0.15, 0.2) is 0 Å². The number of benzene rings is 2. The molecule has 1 amide bonds. The standard InChI is InChI=1S/C31H40ClN3O6S2/c1-42(37,38)33-27-7-3-2-4-15-43(39,40)34-30(36)22-9-13-29-28(17-22)35(18-23-8-11-25(23)27)19-31(20-41-29)14-5-6-21-16-24(32)10-12-26(21)31/h9-10,12-13,16-17,23,25,27,33H,2-8,11,14-15,18-20H2,1H3,(H,34,36)/t23-,25-,27-,31-/m0/s1. The van der Waals surface area contributed by atoms with Gasteiger partial charge in [-0.15, -0.1) is 0 Å². The monoisotopic (exact) mass is 649 g/mol. The van der Waals surface area contributed by atoms with E-state index >= 15 is 0 Å². The molecule has 2 bridgehead atoms. The first-order valence-electron chi connectivity index (χ1n) is 15.2. The van der Waals surface area contributed by atoms with Crippen molar-refractivity contribution in [2.75, 3.05) is 36.6 Å². The Kier molecular flexibility index (Phi) is 8.47. The molecule has 1 spiro atoms. The largest absolute Gasteiger partial charge is 0.490 e. The number of amides is 1. The highest BCUT2D eigenvalue weighted by atomic mass is 35.5. The molecule has 0 radical (unpaired) electrons. The van der Waals surface area contributed by atoms with Crippen LogP contribution in [0.2, 0.25) is 5.02 Å². The number of carbonyl (C=O) groups is 1. The van der Waals surface area contributed by atoms with Gasteiger partial charge in [-0.2, -0.15) is 0 Å². The van der Waals surface area contributed by atoms with Gasteiger partial charge < -0.3 is 9.64 Å². The minimum absolute atomic E-state index is 0.166. The Morgan fingerprint density at radius 3 is 2.67 bits per heavy atom. The number of halogens is 1. The maximum Gasteiger partial charge on any atom is 0.264 e. The SMILES string of the molecule is CS(=O)(=O)N[C@H]1CCCCCS(=O)(=O)NC(=O)c2ccc3c(c2)N(C[C@@H]2CC[C@@H]21)C[C@@]1(CCCc2cc(Cl)ccc21)CO3. The van der Waals surface area contributed by atoms with Crippen LogP contribution in [0.3, 0.4) is 0 Å². The fourth-order valence-corrected chi connectivity index (χ4v) is 9.73. The number of nitrogens with zero attached hydrogens (tertiary/aromatic N) is 1. The molecule has 234 valence electrons. The van der Waals surface area contributed by atoms with Crippen molar-refractivity contribution in [1.82, 2.24) is 9.44 Å². The summed E-state index contributed by atoms with van der Waals surface area (Å²) >= 11 is 6.39. The van der Waals surface area contributed by atoms with E-state index < -0.39 is 26.0 Å². The van der Waals surface area contributed by atoms with Gasteiger partial charge in [-0.25, -0.2) is 26.3 Å². The van der Waals surface area contributed by atoms with Crippen LogP contribution >= 0.6 is 11.6 Å². The average Bonchev–Trinajstić information content (AvgIpc) is 3.06. The fourth-order valence-electron chi connectivity index (χ4n) is 7.61. The molecule has 4 aliphatic rings. The Morgan fingerprint density at radius 1 is 1.07 bits per heavy atom. The van der Waals surface area contributed by atoms with Crippen molar-refractivity contribution in [3.8, 4) is 5.75 Å². The summed E-state index contributed by atoms with van der Waals surface area (Å²) < 4.78 is 61.9. The highest BCUT2D eigenvalue weighted by molar-refractivity contribution is 7.90. The molecular weight excluding hydrogens is 610 g/mol. The third-order valence-electron chi connectivity index (χ3n) is 9.79. The van der Waals surface area contributed by atoms with Crippen LogP contribution < -0.4 is 19.1 Å². The minimum Gasteiger partial charge on any atom is -0.490 e. The van der Waals surface area contributed by atoms with E-state index in [9.17, 15) is 21.6 Å². The Balaban J connectivity index is 1.41. The average molecular weight is 650 g/mol. The smallest absolute Gasteiger partial charge is 0.264 e. The molecule has 1 saturated carbocycles. The molecule has 0 saturated heterocycles. The lowest BCUT2D eigenvalue weighted by molar-refractivity contribution is 0.0981. The van der Waals surface area contributed by atoms with Gasteiger partial charge in [0.05, 0.1) is 24.3 Å². The molecule has 2 aromatic rings. The Morgan fingerprint density at radius 2 is 1.91 bits per heavy atom. The van der Waals surface area contributed by atoms with E-state index in [-0.39, 0.29) is 34.6 Å². The number of sulfonamides is 2. The topological polar surface area (TPSA) is 122 Å². The van der Waals surface area contributed by atoms with Gasteiger partial charge in [-0.1, -0.05) is 30.5 Å². The molecule has 1 fully saturated rings. The molecule has 2 heterocycles. The van der Waals surface area contributed by atoms with Crippen LogP contribution in [-0.2, 0) is 31.9 Å². The van der Waals surface area contributed by atoms with E-state index in [1.165, 1.54) is 17.4 Å². The number of nitrogens with one attached hydrogen (secondary N) is 2. The highest BCUT2D eigenvalue weighted by Gasteiger charge is 2.44. The Hall–Kier alpha value is -2.34. The zero-order valence-electron chi connectivity index (χ0n) is 24.5. The summed E-state index contributed by atoms with van der Waals surface area (Å²) in [6.45, 7) is 1.81. The first kappa shape index (κ1) is 30.7. The van der Waals surface area contributed by atoms with Gasteiger partial charge in [0.2, 0.25) is 20.0 Å². The molecule has 9 nitrogen and oxygen atoms in total.